The molecule has 0 aliphatic carbocycles. The van der Waals surface area contributed by atoms with Crippen LogP contribution in [0.5, 0.6) is 0 Å². The van der Waals surface area contributed by atoms with Crippen molar-refractivity contribution in [1.29, 1.82) is 0 Å². The van der Waals surface area contributed by atoms with Crippen molar-refractivity contribution >= 4 is 75.2 Å². The highest BCUT2D eigenvalue weighted by Gasteiger charge is 2.21. The van der Waals surface area contributed by atoms with Crippen LogP contribution in [0.2, 0.25) is 0 Å². The first-order chi connectivity index (χ1) is 22.3. The lowest BCUT2D eigenvalue weighted by Gasteiger charge is -2.08. The Labute approximate surface area is 262 Å². The summed E-state index contributed by atoms with van der Waals surface area (Å²) in [5, 5.41) is 7.18. The summed E-state index contributed by atoms with van der Waals surface area (Å²) < 4.78 is 11.6. The molecule has 7 aromatic carbocycles. The van der Waals surface area contributed by atoms with Crippen molar-refractivity contribution in [1.82, 2.24) is 9.55 Å². The van der Waals surface area contributed by atoms with E-state index in [0.29, 0.717) is 5.89 Å². The summed E-state index contributed by atoms with van der Waals surface area (Å²) in [4.78, 5) is 5.23. The van der Waals surface area contributed by atoms with Gasteiger partial charge in [-0.2, -0.15) is 0 Å². The molecule has 0 amide bonds. The molecule has 3 aromatic heterocycles. The van der Waals surface area contributed by atoms with Crippen molar-refractivity contribution in [2.45, 2.75) is 0 Å². The van der Waals surface area contributed by atoms with Crippen LogP contribution < -0.4 is 0 Å². The second-order valence-electron chi connectivity index (χ2n) is 11.6. The van der Waals surface area contributed by atoms with Gasteiger partial charge in [0.25, 0.3) is 0 Å². The van der Waals surface area contributed by atoms with Gasteiger partial charge in [-0.3, -0.25) is 0 Å². The molecule has 210 valence electrons. The molecule has 3 nitrogen and oxygen atoms in total. The Bertz CT molecular complexity index is 2750. The summed E-state index contributed by atoms with van der Waals surface area (Å²) in [7, 11) is 0. The molecular formula is C41H24N2OS. The van der Waals surface area contributed by atoms with Crippen LogP contribution in [0.15, 0.2) is 150 Å². The van der Waals surface area contributed by atoms with Crippen LogP contribution in [-0.2, 0) is 0 Å². The van der Waals surface area contributed by atoms with Crippen molar-refractivity contribution in [3.05, 3.63) is 146 Å². The van der Waals surface area contributed by atoms with E-state index in [4.69, 9.17) is 9.40 Å². The molecule has 0 unspecified atom stereocenters. The first kappa shape index (κ1) is 24.7. The number of oxazole rings is 1. The van der Waals surface area contributed by atoms with Gasteiger partial charge in [-0.25, -0.2) is 4.98 Å². The Morgan fingerprint density at radius 2 is 1.24 bits per heavy atom. The first-order valence-corrected chi connectivity index (χ1v) is 15.9. The van der Waals surface area contributed by atoms with Crippen LogP contribution in [-0.4, -0.2) is 9.55 Å². The molecule has 0 N–H and O–H groups in total. The average molecular weight is 593 g/mol. The normalized spacial score (nSPS) is 12.0. The fourth-order valence-corrected chi connectivity index (χ4v) is 8.07. The molecular weight excluding hydrogens is 569 g/mol. The topological polar surface area (TPSA) is 31.0 Å². The van der Waals surface area contributed by atoms with E-state index in [-0.39, 0.29) is 0 Å². The predicted octanol–water partition coefficient (Wildman–Crippen LogP) is 11.8. The van der Waals surface area contributed by atoms with Gasteiger partial charge < -0.3 is 8.98 Å². The Morgan fingerprint density at radius 3 is 2.09 bits per heavy atom. The molecule has 3 heterocycles. The van der Waals surface area contributed by atoms with Crippen LogP contribution in [0, 0.1) is 0 Å². The number of aromatic nitrogens is 2. The van der Waals surface area contributed by atoms with Crippen molar-refractivity contribution < 1.29 is 4.42 Å². The fraction of sp³-hybridized carbons (Fsp3) is 0. The van der Waals surface area contributed by atoms with Crippen LogP contribution in [0.4, 0.5) is 0 Å². The van der Waals surface area contributed by atoms with Gasteiger partial charge in [-0.15, -0.1) is 11.3 Å². The quantitative estimate of drug-likeness (QED) is 0.204. The molecule has 0 saturated heterocycles. The summed E-state index contributed by atoms with van der Waals surface area (Å²) in [5.74, 6) is 0.633. The third-order valence-electron chi connectivity index (χ3n) is 8.99. The van der Waals surface area contributed by atoms with Crippen LogP contribution in [0.3, 0.4) is 0 Å². The molecule has 10 rings (SSSR count). The highest BCUT2D eigenvalue weighted by molar-refractivity contribution is 7.26. The molecule has 4 heteroatoms. The number of fused-ring (bicyclic) bond motifs is 9. The molecule has 0 bridgehead atoms. The maximum Gasteiger partial charge on any atom is 0.227 e. The van der Waals surface area contributed by atoms with E-state index in [1.54, 1.807) is 11.3 Å². The summed E-state index contributed by atoms with van der Waals surface area (Å²) >= 11 is 1.80. The Balaban J connectivity index is 1.27. The molecule has 0 aliphatic rings. The largest absolute Gasteiger partial charge is 0.435 e. The number of rotatable bonds is 3. The zero-order valence-corrected chi connectivity index (χ0v) is 24.9. The summed E-state index contributed by atoms with van der Waals surface area (Å²) in [5.41, 5.74) is 8.40. The lowest BCUT2D eigenvalue weighted by molar-refractivity contribution is 0.623. The lowest BCUT2D eigenvalue weighted by Crippen LogP contribution is -1.93. The minimum absolute atomic E-state index is 0.633. The number of hydrogen-bond donors (Lipinski definition) is 0. The minimum atomic E-state index is 0.633. The number of hydrogen-bond acceptors (Lipinski definition) is 3. The Kier molecular flexibility index (Phi) is 5.16. The van der Waals surface area contributed by atoms with Crippen molar-refractivity contribution in [2.75, 3.05) is 0 Å². The van der Waals surface area contributed by atoms with Gasteiger partial charge in [0.15, 0.2) is 5.58 Å². The van der Waals surface area contributed by atoms with E-state index in [0.717, 1.165) is 44.4 Å². The predicted molar refractivity (Wildman–Crippen MR) is 190 cm³/mol. The first-order valence-electron chi connectivity index (χ1n) is 15.1. The summed E-state index contributed by atoms with van der Waals surface area (Å²) in [6.07, 6.45) is 0. The summed E-state index contributed by atoms with van der Waals surface area (Å²) in [6.45, 7) is 0. The Morgan fingerprint density at radius 1 is 0.533 bits per heavy atom. The molecule has 0 spiro atoms. The average Bonchev–Trinajstić information content (AvgIpc) is 3.79. The van der Waals surface area contributed by atoms with E-state index in [1.165, 1.54) is 41.8 Å². The monoisotopic (exact) mass is 592 g/mol. The maximum absolute atomic E-state index is 6.81. The highest BCUT2D eigenvalue weighted by atomic mass is 32.1. The van der Waals surface area contributed by atoms with Crippen LogP contribution >= 0.6 is 11.3 Å². The number of benzene rings is 7. The standard InChI is InChI=1S/C41H24N2OS/c1-3-11-25(12-4-1)31-24-37-38(30-17-9-10-18-36(30)45-37)40-39(31)42-41(44-40)28-19-20-34-32(22-28)33-21-26-13-7-8-14-27(26)23-35(33)43(34)29-15-5-2-6-16-29/h1-24H. The number of thiophene rings is 1. The zero-order chi connectivity index (χ0) is 29.5. The highest BCUT2D eigenvalue weighted by Crippen LogP contribution is 2.44. The second kappa shape index (κ2) is 9.39. The Hall–Kier alpha value is -5.71. The molecule has 45 heavy (non-hydrogen) atoms. The van der Waals surface area contributed by atoms with Gasteiger partial charge in [0.2, 0.25) is 5.89 Å². The fourth-order valence-electron chi connectivity index (χ4n) is 6.93. The molecule has 10 aromatic rings. The van der Waals surface area contributed by atoms with Gasteiger partial charge in [0.05, 0.1) is 11.0 Å². The van der Waals surface area contributed by atoms with E-state index >= 15 is 0 Å². The van der Waals surface area contributed by atoms with Crippen molar-refractivity contribution in [2.24, 2.45) is 0 Å². The van der Waals surface area contributed by atoms with Gasteiger partial charge in [0.1, 0.15) is 5.52 Å². The minimum Gasteiger partial charge on any atom is -0.435 e. The molecule has 0 fully saturated rings. The SMILES string of the molecule is c1ccc(-c2cc3sc4ccccc4c3c3oc(-c4ccc5c(c4)c4cc6ccccc6cc4n5-c4ccccc4)nc23)cc1. The third kappa shape index (κ3) is 3.67. The van der Waals surface area contributed by atoms with Gasteiger partial charge in [0, 0.05) is 47.8 Å². The number of nitrogens with zero attached hydrogens (tertiary/aromatic N) is 2. The van der Waals surface area contributed by atoms with E-state index in [2.05, 4.69) is 150 Å². The zero-order valence-electron chi connectivity index (χ0n) is 24.1. The maximum atomic E-state index is 6.81. The summed E-state index contributed by atoms with van der Waals surface area (Å²) in [6, 6.07) is 51.8. The van der Waals surface area contributed by atoms with Gasteiger partial charge >= 0.3 is 0 Å². The van der Waals surface area contributed by atoms with Crippen molar-refractivity contribution in [3.63, 3.8) is 0 Å². The van der Waals surface area contributed by atoms with E-state index in [1.807, 2.05) is 0 Å². The van der Waals surface area contributed by atoms with Crippen LogP contribution in [0.25, 0.3) is 92.1 Å². The van der Waals surface area contributed by atoms with Gasteiger partial charge in [-0.1, -0.05) is 91.0 Å². The smallest absolute Gasteiger partial charge is 0.227 e. The third-order valence-corrected chi connectivity index (χ3v) is 10.1. The number of para-hydroxylation sites is 1. The molecule has 0 radical (unpaired) electrons. The van der Waals surface area contributed by atoms with Gasteiger partial charge in [-0.05, 0) is 70.9 Å². The second-order valence-corrected chi connectivity index (χ2v) is 12.7. The van der Waals surface area contributed by atoms with E-state index in [9.17, 15) is 0 Å². The van der Waals surface area contributed by atoms with Crippen LogP contribution in [0.1, 0.15) is 0 Å². The lowest BCUT2D eigenvalue weighted by atomic mass is 10.0. The van der Waals surface area contributed by atoms with Crippen molar-refractivity contribution in [3.8, 4) is 28.3 Å². The molecule has 0 aliphatic heterocycles. The molecule has 0 atom stereocenters. The molecule has 0 saturated carbocycles. The van der Waals surface area contributed by atoms with E-state index < -0.39 is 0 Å².